The predicted octanol–water partition coefficient (Wildman–Crippen LogP) is 4.52. The number of guanidine groups is 1. The summed E-state index contributed by atoms with van der Waals surface area (Å²) < 4.78 is 11.1. The minimum atomic E-state index is 0.269. The predicted molar refractivity (Wildman–Crippen MR) is 121 cm³/mol. The highest BCUT2D eigenvalue weighted by Crippen LogP contribution is 2.25. The van der Waals surface area contributed by atoms with Gasteiger partial charge in [-0.05, 0) is 37.6 Å². The van der Waals surface area contributed by atoms with Crippen molar-refractivity contribution in [1.29, 1.82) is 0 Å². The van der Waals surface area contributed by atoms with E-state index in [0.717, 1.165) is 36.1 Å². The van der Waals surface area contributed by atoms with E-state index in [2.05, 4.69) is 40.5 Å². The van der Waals surface area contributed by atoms with Gasteiger partial charge in [0.25, 0.3) is 0 Å². The molecule has 1 aromatic heterocycles. The van der Waals surface area contributed by atoms with Crippen molar-refractivity contribution in [3.8, 4) is 17.2 Å². The van der Waals surface area contributed by atoms with Crippen LogP contribution >= 0.6 is 0 Å². The molecule has 1 atom stereocenters. The topological polar surface area (TPSA) is 71.7 Å². The minimum absolute atomic E-state index is 0.269. The van der Waals surface area contributed by atoms with Gasteiger partial charge in [-0.1, -0.05) is 42.8 Å². The summed E-state index contributed by atoms with van der Waals surface area (Å²) in [5.74, 6) is 2.53. The van der Waals surface area contributed by atoms with Crippen molar-refractivity contribution in [2.45, 2.75) is 33.2 Å². The zero-order valence-corrected chi connectivity index (χ0v) is 18.1. The molecule has 0 fully saturated rings. The van der Waals surface area contributed by atoms with Crippen LogP contribution in [0, 0.1) is 6.92 Å². The Labute approximate surface area is 178 Å². The molecule has 158 valence electrons. The molecule has 6 nitrogen and oxygen atoms in total. The summed E-state index contributed by atoms with van der Waals surface area (Å²) in [6.07, 6.45) is 1.67. The van der Waals surface area contributed by atoms with Gasteiger partial charge in [-0.15, -0.1) is 0 Å². The van der Waals surface area contributed by atoms with Gasteiger partial charge in [-0.2, -0.15) is 0 Å². The number of benzene rings is 2. The molecule has 0 aliphatic carbocycles. The summed E-state index contributed by atoms with van der Waals surface area (Å²) in [5, 5.41) is 6.69. The quantitative estimate of drug-likeness (QED) is 0.425. The summed E-state index contributed by atoms with van der Waals surface area (Å²) in [5.41, 5.74) is 4.13. The summed E-state index contributed by atoms with van der Waals surface area (Å²) in [7, 11) is 1.70. The molecular weight excluding hydrogens is 376 g/mol. The molecule has 0 aliphatic rings. The Morgan fingerprint density at radius 3 is 2.63 bits per heavy atom. The van der Waals surface area contributed by atoms with Gasteiger partial charge in [0.15, 0.2) is 5.96 Å². The summed E-state index contributed by atoms with van der Waals surface area (Å²) in [6.45, 7) is 8.23. The molecule has 0 amide bonds. The van der Waals surface area contributed by atoms with Crippen molar-refractivity contribution in [1.82, 2.24) is 15.6 Å². The number of hydrogen-bond acceptors (Lipinski definition) is 4. The zero-order valence-electron chi connectivity index (χ0n) is 18.1. The first-order valence-corrected chi connectivity index (χ1v) is 10.3. The third-order valence-corrected chi connectivity index (χ3v) is 4.84. The standard InChI is InChI=1S/C24H30N4O2/c1-5-25-24(26-14-18(3)21-8-6-7-9-22(21)29-4)27-15-20-16-30-23(28-20)19-12-10-17(2)11-13-19/h6-13,16,18H,5,14-15H2,1-4H3,(H2,25,26,27). The molecule has 3 rings (SSSR count). The fourth-order valence-corrected chi connectivity index (χ4v) is 3.14. The summed E-state index contributed by atoms with van der Waals surface area (Å²) in [4.78, 5) is 9.22. The lowest BCUT2D eigenvalue weighted by Crippen LogP contribution is -2.39. The van der Waals surface area contributed by atoms with Gasteiger partial charge < -0.3 is 19.8 Å². The Kier molecular flexibility index (Phi) is 7.49. The van der Waals surface area contributed by atoms with Crippen molar-refractivity contribution in [2.24, 2.45) is 4.99 Å². The van der Waals surface area contributed by atoms with Crippen LogP contribution in [0.15, 0.2) is 64.2 Å². The van der Waals surface area contributed by atoms with E-state index in [9.17, 15) is 0 Å². The molecule has 0 spiro atoms. The van der Waals surface area contributed by atoms with Crippen molar-refractivity contribution in [3.63, 3.8) is 0 Å². The largest absolute Gasteiger partial charge is 0.496 e. The minimum Gasteiger partial charge on any atom is -0.496 e. The number of oxazole rings is 1. The molecule has 0 saturated heterocycles. The number of ether oxygens (including phenoxy) is 1. The molecule has 0 radical (unpaired) electrons. The van der Waals surface area contributed by atoms with Crippen LogP contribution in [0.2, 0.25) is 0 Å². The van der Waals surface area contributed by atoms with E-state index >= 15 is 0 Å². The first-order valence-electron chi connectivity index (χ1n) is 10.3. The van der Waals surface area contributed by atoms with E-state index < -0.39 is 0 Å². The number of nitrogens with zero attached hydrogens (tertiary/aromatic N) is 2. The van der Waals surface area contributed by atoms with E-state index in [1.165, 1.54) is 11.1 Å². The van der Waals surface area contributed by atoms with Gasteiger partial charge in [0.05, 0.1) is 13.7 Å². The van der Waals surface area contributed by atoms with Gasteiger partial charge in [-0.25, -0.2) is 9.98 Å². The Morgan fingerprint density at radius 2 is 1.90 bits per heavy atom. The Morgan fingerprint density at radius 1 is 1.13 bits per heavy atom. The molecule has 1 heterocycles. The van der Waals surface area contributed by atoms with Crippen molar-refractivity contribution < 1.29 is 9.15 Å². The molecule has 6 heteroatoms. The van der Waals surface area contributed by atoms with Gasteiger partial charge >= 0.3 is 0 Å². The van der Waals surface area contributed by atoms with E-state index in [-0.39, 0.29) is 5.92 Å². The van der Waals surface area contributed by atoms with Gasteiger partial charge in [0.2, 0.25) is 5.89 Å². The molecule has 3 aromatic rings. The van der Waals surface area contributed by atoms with Crippen LogP contribution in [0.4, 0.5) is 0 Å². The maximum Gasteiger partial charge on any atom is 0.226 e. The van der Waals surface area contributed by atoms with Crippen LogP contribution in [-0.4, -0.2) is 31.1 Å². The van der Waals surface area contributed by atoms with Crippen molar-refractivity contribution >= 4 is 5.96 Å². The lowest BCUT2D eigenvalue weighted by Gasteiger charge is -2.18. The highest BCUT2D eigenvalue weighted by molar-refractivity contribution is 5.79. The Hall–Kier alpha value is -3.28. The van der Waals surface area contributed by atoms with E-state index in [1.54, 1.807) is 13.4 Å². The second-order valence-electron chi connectivity index (χ2n) is 7.23. The fraction of sp³-hybridized carbons (Fsp3) is 0.333. The number of aliphatic imine (C=N–C) groups is 1. The van der Waals surface area contributed by atoms with Gasteiger partial charge in [0.1, 0.15) is 17.7 Å². The second kappa shape index (κ2) is 10.5. The van der Waals surface area contributed by atoms with Gasteiger partial charge in [0, 0.05) is 24.6 Å². The summed E-state index contributed by atoms with van der Waals surface area (Å²) in [6, 6.07) is 16.2. The number of para-hydroxylation sites is 1. The van der Waals surface area contributed by atoms with Crippen LogP contribution in [0.5, 0.6) is 5.75 Å². The molecule has 2 aromatic carbocycles. The highest BCUT2D eigenvalue weighted by Gasteiger charge is 2.12. The Balaban J connectivity index is 1.62. The summed E-state index contributed by atoms with van der Waals surface area (Å²) >= 11 is 0. The van der Waals surface area contributed by atoms with Crippen LogP contribution in [0.1, 0.15) is 36.6 Å². The van der Waals surface area contributed by atoms with E-state index in [1.807, 2.05) is 49.4 Å². The second-order valence-corrected chi connectivity index (χ2v) is 7.23. The third-order valence-electron chi connectivity index (χ3n) is 4.84. The van der Waals surface area contributed by atoms with Crippen molar-refractivity contribution in [3.05, 3.63) is 71.6 Å². The van der Waals surface area contributed by atoms with Crippen molar-refractivity contribution in [2.75, 3.05) is 20.2 Å². The lowest BCUT2D eigenvalue weighted by molar-refractivity contribution is 0.406. The van der Waals surface area contributed by atoms with Crippen LogP contribution in [-0.2, 0) is 6.54 Å². The number of hydrogen-bond donors (Lipinski definition) is 2. The first kappa shape index (κ1) is 21.4. The van der Waals surface area contributed by atoms with Crippen LogP contribution in [0.25, 0.3) is 11.5 Å². The number of methoxy groups -OCH3 is 1. The first-order chi connectivity index (χ1) is 14.6. The molecule has 1 unspecified atom stereocenters. The maximum atomic E-state index is 5.63. The third kappa shape index (κ3) is 5.63. The zero-order chi connectivity index (χ0) is 21.3. The van der Waals surface area contributed by atoms with Crippen LogP contribution < -0.4 is 15.4 Å². The average molecular weight is 407 g/mol. The van der Waals surface area contributed by atoms with Crippen LogP contribution in [0.3, 0.4) is 0 Å². The number of aryl methyl sites for hydroxylation is 1. The van der Waals surface area contributed by atoms with Gasteiger partial charge in [-0.3, -0.25) is 0 Å². The Bertz CT molecular complexity index is 963. The average Bonchev–Trinajstić information content (AvgIpc) is 3.25. The highest BCUT2D eigenvalue weighted by atomic mass is 16.5. The molecule has 30 heavy (non-hydrogen) atoms. The monoisotopic (exact) mass is 406 g/mol. The maximum absolute atomic E-state index is 5.63. The SMILES string of the molecule is CCNC(=NCc1coc(-c2ccc(C)cc2)n1)NCC(C)c1ccccc1OC. The normalized spacial score (nSPS) is 12.5. The van der Waals surface area contributed by atoms with E-state index in [4.69, 9.17) is 9.15 Å². The number of nitrogens with one attached hydrogen (secondary N) is 2. The fourth-order valence-electron chi connectivity index (χ4n) is 3.14. The van der Waals surface area contributed by atoms with E-state index in [0.29, 0.717) is 12.4 Å². The number of rotatable bonds is 8. The molecule has 0 bridgehead atoms. The smallest absolute Gasteiger partial charge is 0.226 e. The lowest BCUT2D eigenvalue weighted by atomic mass is 10.0. The molecule has 2 N–H and O–H groups in total. The molecular formula is C24H30N4O2. The molecule has 0 saturated carbocycles. The molecule has 0 aliphatic heterocycles. The number of aromatic nitrogens is 1.